The summed E-state index contributed by atoms with van der Waals surface area (Å²) >= 11 is 5.07. The van der Waals surface area contributed by atoms with Gasteiger partial charge in [-0.25, -0.2) is 4.79 Å². The third-order valence-corrected chi connectivity index (χ3v) is 3.51. The van der Waals surface area contributed by atoms with Crippen LogP contribution in [0.5, 0.6) is 0 Å². The van der Waals surface area contributed by atoms with Gasteiger partial charge in [-0.15, -0.1) is 11.3 Å². The summed E-state index contributed by atoms with van der Waals surface area (Å²) in [5, 5.41) is 4.67. The summed E-state index contributed by atoms with van der Waals surface area (Å²) in [7, 11) is 0. The van der Waals surface area contributed by atoms with Crippen molar-refractivity contribution < 1.29 is 9.53 Å². The Morgan fingerprint density at radius 3 is 2.82 bits per heavy atom. The summed E-state index contributed by atoms with van der Waals surface area (Å²) in [5.41, 5.74) is -0.454. The molecule has 3 nitrogen and oxygen atoms in total. The van der Waals surface area contributed by atoms with Crippen LogP contribution in [0.4, 0.5) is 4.79 Å². The summed E-state index contributed by atoms with van der Waals surface area (Å²) in [6.45, 7) is 5.97. The van der Waals surface area contributed by atoms with Crippen LogP contribution in [-0.2, 0) is 4.74 Å². The van der Waals surface area contributed by atoms with Crippen LogP contribution in [0.1, 0.15) is 25.6 Å². The van der Waals surface area contributed by atoms with E-state index in [0.717, 1.165) is 9.35 Å². The van der Waals surface area contributed by atoms with Gasteiger partial charge in [-0.1, -0.05) is 6.08 Å². The smallest absolute Gasteiger partial charge is 0.407 e. The van der Waals surface area contributed by atoms with Crippen LogP contribution in [-0.4, -0.2) is 18.2 Å². The molecule has 94 valence electrons. The second kappa shape index (κ2) is 6.21. The van der Waals surface area contributed by atoms with Crippen LogP contribution < -0.4 is 5.32 Å². The number of ether oxygens (including phenoxy) is 1. The van der Waals surface area contributed by atoms with Gasteiger partial charge in [0.05, 0.1) is 0 Å². The fraction of sp³-hybridized carbons (Fsp3) is 0.417. The van der Waals surface area contributed by atoms with Crippen molar-refractivity contribution in [2.24, 2.45) is 0 Å². The molecular weight excluding hydrogens is 302 g/mol. The molecule has 1 rings (SSSR count). The summed E-state index contributed by atoms with van der Waals surface area (Å²) < 4.78 is 6.17. The number of halogens is 1. The van der Waals surface area contributed by atoms with Crippen LogP contribution in [0.2, 0.25) is 0 Å². The number of rotatable bonds is 3. The number of hydrogen-bond donors (Lipinski definition) is 1. The van der Waals surface area contributed by atoms with Crippen molar-refractivity contribution in [1.82, 2.24) is 5.32 Å². The highest BCUT2D eigenvalue weighted by Gasteiger charge is 2.14. The van der Waals surface area contributed by atoms with Crippen LogP contribution in [0, 0.1) is 0 Å². The zero-order valence-corrected chi connectivity index (χ0v) is 12.5. The molecule has 0 spiro atoms. The lowest BCUT2D eigenvalue weighted by atomic mass is 10.2. The van der Waals surface area contributed by atoms with E-state index in [1.165, 1.54) is 0 Å². The van der Waals surface area contributed by atoms with Crippen molar-refractivity contribution in [2.75, 3.05) is 6.54 Å². The van der Waals surface area contributed by atoms with Gasteiger partial charge in [0, 0.05) is 15.9 Å². The predicted molar refractivity (Wildman–Crippen MR) is 75.3 cm³/mol. The summed E-state index contributed by atoms with van der Waals surface area (Å²) in [6.07, 6.45) is 3.46. The molecule has 0 unspecified atom stereocenters. The summed E-state index contributed by atoms with van der Waals surface area (Å²) in [5.74, 6) is 0. The van der Waals surface area contributed by atoms with E-state index >= 15 is 0 Å². The molecular formula is C12H16BrNO2S. The standard InChI is InChI=1S/C12H16BrNO2S/c1-12(2,3)16-11(15)14-7-4-5-10-9(13)6-8-17-10/h4-6,8H,7H2,1-3H3,(H,14,15). The van der Waals surface area contributed by atoms with Gasteiger partial charge < -0.3 is 10.1 Å². The quantitative estimate of drug-likeness (QED) is 0.913. The fourth-order valence-corrected chi connectivity index (χ4v) is 2.47. The Morgan fingerprint density at radius 1 is 1.59 bits per heavy atom. The Kier molecular flexibility index (Phi) is 5.21. The third kappa shape index (κ3) is 5.89. The highest BCUT2D eigenvalue weighted by atomic mass is 79.9. The molecule has 0 aliphatic heterocycles. The van der Waals surface area contributed by atoms with Crippen molar-refractivity contribution in [3.8, 4) is 0 Å². The molecule has 1 aromatic heterocycles. The van der Waals surface area contributed by atoms with Crippen LogP contribution in [0.25, 0.3) is 6.08 Å². The lowest BCUT2D eigenvalue weighted by molar-refractivity contribution is 0.0534. The van der Waals surface area contributed by atoms with Crippen molar-refractivity contribution in [2.45, 2.75) is 26.4 Å². The Bertz CT molecular complexity index is 407. The number of carbonyl (C=O) groups is 1. The van der Waals surface area contributed by atoms with Gasteiger partial charge in [0.1, 0.15) is 5.60 Å². The van der Waals surface area contributed by atoms with Gasteiger partial charge in [-0.3, -0.25) is 0 Å². The predicted octanol–water partition coefficient (Wildman–Crippen LogP) is 4.05. The minimum atomic E-state index is -0.454. The van der Waals surface area contributed by atoms with Gasteiger partial charge in [0.15, 0.2) is 0 Å². The van der Waals surface area contributed by atoms with Gasteiger partial charge >= 0.3 is 6.09 Å². The molecule has 17 heavy (non-hydrogen) atoms. The molecule has 0 aliphatic rings. The first kappa shape index (κ1) is 14.3. The lowest BCUT2D eigenvalue weighted by Crippen LogP contribution is -2.32. The van der Waals surface area contributed by atoms with E-state index in [2.05, 4.69) is 21.2 Å². The number of alkyl carbamates (subject to hydrolysis) is 1. The van der Waals surface area contributed by atoms with Crippen molar-refractivity contribution in [1.29, 1.82) is 0 Å². The highest BCUT2D eigenvalue weighted by molar-refractivity contribution is 9.10. The molecule has 0 fully saturated rings. The largest absolute Gasteiger partial charge is 0.444 e. The molecule has 0 aromatic carbocycles. The topological polar surface area (TPSA) is 38.3 Å². The number of hydrogen-bond acceptors (Lipinski definition) is 3. The van der Waals surface area contributed by atoms with E-state index in [0.29, 0.717) is 6.54 Å². The SMILES string of the molecule is CC(C)(C)OC(=O)NCC=Cc1sccc1Br. The molecule has 0 saturated carbocycles. The lowest BCUT2D eigenvalue weighted by Gasteiger charge is -2.19. The number of thiophene rings is 1. The first-order valence-electron chi connectivity index (χ1n) is 5.25. The van der Waals surface area contributed by atoms with E-state index in [1.54, 1.807) is 11.3 Å². The monoisotopic (exact) mass is 317 g/mol. The van der Waals surface area contributed by atoms with Crippen LogP contribution >= 0.6 is 27.3 Å². The maximum atomic E-state index is 11.3. The van der Waals surface area contributed by atoms with E-state index < -0.39 is 11.7 Å². The van der Waals surface area contributed by atoms with Crippen molar-refractivity contribution >= 4 is 39.4 Å². The molecule has 5 heteroatoms. The van der Waals surface area contributed by atoms with Crippen LogP contribution in [0.3, 0.4) is 0 Å². The van der Waals surface area contributed by atoms with E-state index in [4.69, 9.17) is 4.74 Å². The fourth-order valence-electron chi connectivity index (χ4n) is 1.05. The zero-order chi connectivity index (χ0) is 12.9. The third-order valence-electron chi connectivity index (χ3n) is 1.68. The molecule has 1 aromatic rings. The van der Waals surface area contributed by atoms with E-state index in [-0.39, 0.29) is 0 Å². The first-order chi connectivity index (χ1) is 7.88. The van der Waals surface area contributed by atoms with Gasteiger partial charge in [-0.2, -0.15) is 0 Å². The van der Waals surface area contributed by atoms with Crippen molar-refractivity contribution in [3.05, 3.63) is 26.9 Å². The average molecular weight is 318 g/mol. The molecule has 1 N–H and O–H groups in total. The number of amides is 1. The molecule has 0 saturated heterocycles. The average Bonchev–Trinajstić information content (AvgIpc) is 2.56. The maximum absolute atomic E-state index is 11.3. The molecule has 0 bridgehead atoms. The van der Waals surface area contributed by atoms with Gasteiger partial charge in [0.25, 0.3) is 0 Å². The Labute approximate surface area is 114 Å². The second-order valence-corrected chi connectivity index (χ2v) is 6.22. The van der Waals surface area contributed by atoms with E-state index in [9.17, 15) is 4.79 Å². The second-order valence-electron chi connectivity index (χ2n) is 4.42. The minimum absolute atomic E-state index is 0.396. The number of carbonyl (C=O) groups excluding carboxylic acids is 1. The zero-order valence-electron chi connectivity index (χ0n) is 10.1. The van der Waals surface area contributed by atoms with E-state index in [1.807, 2.05) is 44.4 Å². The molecule has 0 atom stereocenters. The minimum Gasteiger partial charge on any atom is -0.444 e. The van der Waals surface area contributed by atoms with Gasteiger partial charge in [-0.05, 0) is 54.2 Å². The Balaban J connectivity index is 2.31. The van der Waals surface area contributed by atoms with Crippen molar-refractivity contribution in [3.63, 3.8) is 0 Å². The molecule has 0 aliphatic carbocycles. The maximum Gasteiger partial charge on any atom is 0.407 e. The summed E-state index contributed by atoms with van der Waals surface area (Å²) in [4.78, 5) is 12.4. The van der Waals surface area contributed by atoms with Crippen LogP contribution in [0.15, 0.2) is 22.0 Å². The highest BCUT2D eigenvalue weighted by Crippen LogP contribution is 2.23. The summed E-state index contributed by atoms with van der Waals surface area (Å²) in [6, 6.07) is 1.99. The number of nitrogens with one attached hydrogen (secondary N) is 1. The Hall–Kier alpha value is -0.810. The molecule has 1 amide bonds. The van der Waals surface area contributed by atoms with Gasteiger partial charge in [0.2, 0.25) is 0 Å². The molecule has 1 heterocycles. The molecule has 0 radical (unpaired) electrons. The Morgan fingerprint density at radius 2 is 2.29 bits per heavy atom. The normalized spacial score (nSPS) is 11.8. The first-order valence-corrected chi connectivity index (χ1v) is 6.92.